The van der Waals surface area contributed by atoms with Crippen LogP contribution in [0.25, 0.3) is 0 Å². The van der Waals surface area contributed by atoms with Crippen molar-refractivity contribution in [3.8, 4) is 0 Å². The summed E-state index contributed by atoms with van der Waals surface area (Å²) in [4.78, 5) is 0. The zero-order valence-electron chi connectivity index (χ0n) is 5.30. The van der Waals surface area contributed by atoms with Gasteiger partial charge in [-0.05, 0) is 0 Å². The first-order valence-corrected chi connectivity index (χ1v) is 9.39. The van der Waals surface area contributed by atoms with Gasteiger partial charge in [0.2, 0.25) is 0 Å². The van der Waals surface area contributed by atoms with Crippen molar-refractivity contribution in [3.63, 3.8) is 0 Å². The van der Waals surface area contributed by atoms with Gasteiger partial charge in [0.25, 0.3) is 0 Å². The van der Waals surface area contributed by atoms with Gasteiger partial charge in [0, 0.05) is 0 Å². The third-order valence-electron chi connectivity index (χ3n) is 0.979. The number of rotatable bonds is 2. The van der Waals surface area contributed by atoms with E-state index in [9.17, 15) is 22.0 Å². The molecule has 0 saturated carbocycles. The van der Waals surface area contributed by atoms with Gasteiger partial charge < -0.3 is 0 Å². The molecule has 0 aliphatic rings. The Morgan fingerprint density at radius 3 is 1.60 bits per heavy atom. The average Bonchev–Trinajstić information content (AvgIpc) is 1.61. The van der Waals surface area contributed by atoms with Crippen LogP contribution in [0.2, 0.25) is 3.93 Å². The van der Waals surface area contributed by atoms with Crippen molar-refractivity contribution >= 4 is 0 Å². The summed E-state index contributed by atoms with van der Waals surface area (Å²) >= 11 is -3.02. The van der Waals surface area contributed by atoms with Gasteiger partial charge in [-0.3, -0.25) is 0 Å². The Hall–Kier alpha value is 0.585. The Kier molecular flexibility index (Phi) is 3.52. The second-order valence-corrected chi connectivity index (χ2v) is 11.2. The van der Waals surface area contributed by atoms with E-state index >= 15 is 0 Å². The molecule has 0 aliphatic carbocycles. The molecule has 0 aromatic carbocycles. The molecular formula is C4H5F5Hg. The molecule has 0 unspecified atom stereocenters. The Labute approximate surface area is 67.2 Å². The Morgan fingerprint density at radius 1 is 1.10 bits per heavy atom. The van der Waals surface area contributed by atoms with E-state index < -0.39 is 34.2 Å². The minimum atomic E-state index is -5.29. The van der Waals surface area contributed by atoms with E-state index in [4.69, 9.17) is 0 Å². The minimum absolute atomic E-state index is 0.0481. The molecule has 10 heavy (non-hydrogen) atoms. The van der Waals surface area contributed by atoms with E-state index in [-0.39, 0.29) is 3.93 Å². The van der Waals surface area contributed by atoms with Crippen LogP contribution in [0.5, 0.6) is 0 Å². The summed E-state index contributed by atoms with van der Waals surface area (Å²) in [5.74, 6) is 0. The van der Waals surface area contributed by atoms with Gasteiger partial charge in [0.1, 0.15) is 0 Å². The summed E-state index contributed by atoms with van der Waals surface area (Å²) in [6, 6.07) is 0. The Balaban J connectivity index is 4.10. The van der Waals surface area contributed by atoms with Crippen LogP contribution in [-0.4, -0.2) is 9.61 Å². The van der Waals surface area contributed by atoms with Gasteiger partial charge in [-0.2, -0.15) is 0 Å². The summed E-state index contributed by atoms with van der Waals surface area (Å²) in [6.07, 6.45) is -5.29. The van der Waals surface area contributed by atoms with Gasteiger partial charge in [0.15, 0.2) is 0 Å². The van der Waals surface area contributed by atoms with Crippen LogP contribution in [0, 0.1) is 0 Å². The average molecular weight is 349 g/mol. The Bertz CT molecular complexity index is 107. The Morgan fingerprint density at radius 2 is 1.50 bits per heavy atom. The zero-order chi connectivity index (χ0) is 8.41. The number of hydrogen-bond donors (Lipinski definition) is 0. The molecule has 0 nitrogen and oxygen atoms in total. The van der Waals surface area contributed by atoms with Gasteiger partial charge >= 0.3 is 67.0 Å². The van der Waals surface area contributed by atoms with Crippen molar-refractivity contribution in [2.45, 2.75) is 20.5 Å². The topological polar surface area (TPSA) is 0 Å². The standard InChI is InChI=1S/C2F5.C2H5.Hg/c3-1(4)2(5,6)7;1-2;/h;1H2,2H3;. The third kappa shape index (κ3) is 2.68. The van der Waals surface area contributed by atoms with Crippen LogP contribution in [0.4, 0.5) is 22.0 Å². The summed E-state index contributed by atoms with van der Waals surface area (Å²) in [6.45, 7) is 1.38. The fourth-order valence-electron chi connectivity index (χ4n) is 0.456. The van der Waals surface area contributed by atoms with Crippen molar-refractivity contribution in [3.05, 3.63) is 0 Å². The normalized spacial score (nSPS) is 13.0. The molecule has 0 rings (SSSR count). The maximum absolute atomic E-state index is 11.9. The molecule has 0 heterocycles. The van der Waals surface area contributed by atoms with E-state index in [0.717, 1.165) is 0 Å². The van der Waals surface area contributed by atoms with Gasteiger partial charge in [-0.25, -0.2) is 0 Å². The molecule has 0 N–H and O–H groups in total. The first-order valence-electron chi connectivity index (χ1n) is 2.76. The summed E-state index contributed by atoms with van der Waals surface area (Å²) in [5.41, 5.74) is 0. The molecule has 0 fully saturated rings. The molecule has 0 atom stereocenters. The maximum atomic E-state index is 11.9. The molecular weight excluding hydrogens is 344 g/mol. The molecule has 58 valence electrons. The quantitative estimate of drug-likeness (QED) is 0.532. The predicted molar refractivity (Wildman–Crippen MR) is 21.5 cm³/mol. The molecule has 0 bridgehead atoms. The third-order valence-corrected chi connectivity index (χ3v) is 6.92. The summed E-state index contributed by atoms with van der Waals surface area (Å²) in [7, 11) is 0. The molecule has 0 radical (unpaired) electrons. The molecule has 0 spiro atoms. The first-order chi connectivity index (χ1) is 4.31. The second kappa shape index (κ2) is 3.32. The fourth-order valence-corrected chi connectivity index (χ4v) is 4.00. The monoisotopic (exact) mass is 350 g/mol. The van der Waals surface area contributed by atoms with E-state index in [2.05, 4.69) is 0 Å². The van der Waals surface area contributed by atoms with Gasteiger partial charge in [-0.1, -0.05) is 0 Å². The van der Waals surface area contributed by atoms with Crippen LogP contribution in [0.3, 0.4) is 0 Å². The number of halogens is 5. The van der Waals surface area contributed by atoms with Crippen molar-refractivity contribution in [2.75, 3.05) is 0 Å². The molecule has 0 aromatic rings. The van der Waals surface area contributed by atoms with Crippen molar-refractivity contribution in [1.82, 2.24) is 0 Å². The molecule has 0 aromatic heterocycles. The fraction of sp³-hybridized carbons (Fsp3) is 1.00. The van der Waals surface area contributed by atoms with Crippen LogP contribution in [-0.2, 0) is 24.6 Å². The molecule has 0 amide bonds. The molecule has 0 aliphatic heterocycles. The van der Waals surface area contributed by atoms with Crippen molar-refractivity contribution in [2.24, 2.45) is 0 Å². The first kappa shape index (κ1) is 10.6. The van der Waals surface area contributed by atoms with E-state index in [1.54, 1.807) is 0 Å². The van der Waals surface area contributed by atoms with Crippen LogP contribution in [0.1, 0.15) is 6.92 Å². The van der Waals surface area contributed by atoms with Gasteiger partial charge in [0.05, 0.1) is 0 Å². The zero-order valence-corrected chi connectivity index (χ0v) is 10.8. The van der Waals surface area contributed by atoms with Crippen molar-refractivity contribution in [1.29, 1.82) is 0 Å². The van der Waals surface area contributed by atoms with Crippen LogP contribution in [0.15, 0.2) is 0 Å². The predicted octanol–water partition coefficient (Wildman–Crippen LogP) is 2.66. The van der Waals surface area contributed by atoms with Crippen LogP contribution < -0.4 is 0 Å². The van der Waals surface area contributed by atoms with E-state index in [0.29, 0.717) is 0 Å². The number of alkyl halides is 5. The van der Waals surface area contributed by atoms with Crippen LogP contribution >= 0.6 is 0 Å². The van der Waals surface area contributed by atoms with E-state index in [1.165, 1.54) is 6.92 Å². The SMILES string of the molecule is C[CH2][Hg][C](F)(F)C(F)(F)F. The molecule has 0 saturated heterocycles. The summed E-state index contributed by atoms with van der Waals surface area (Å²) < 4.78 is 53.5. The van der Waals surface area contributed by atoms with E-state index in [1.807, 2.05) is 0 Å². The summed E-state index contributed by atoms with van der Waals surface area (Å²) in [5, 5.41) is 0. The van der Waals surface area contributed by atoms with Gasteiger partial charge in [-0.15, -0.1) is 0 Å². The van der Waals surface area contributed by atoms with Crippen molar-refractivity contribution < 1.29 is 46.5 Å². The second-order valence-electron chi connectivity index (χ2n) is 1.95. The number of hydrogen-bond acceptors (Lipinski definition) is 0. The molecule has 6 heteroatoms.